The summed E-state index contributed by atoms with van der Waals surface area (Å²) in [7, 11) is 0. The maximum atomic E-state index is 12.1. The van der Waals surface area contributed by atoms with Gasteiger partial charge in [0.2, 0.25) is 0 Å². The predicted octanol–water partition coefficient (Wildman–Crippen LogP) is 3.12. The van der Waals surface area contributed by atoms with Gasteiger partial charge in [0, 0.05) is 54.4 Å². The lowest BCUT2D eigenvalue weighted by Crippen LogP contribution is -2.27. The molecule has 0 unspecified atom stereocenters. The monoisotopic (exact) mass is 330 g/mol. The van der Waals surface area contributed by atoms with Crippen LogP contribution in [0.25, 0.3) is 5.69 Å². The minimum Gasteiger partial charge on any atom is -0.381 e. The Morgan fingerprint density at radius 3 is 2.57 bits per heavy atom. The number of nitrogens with zero attached hydrogens (tertiary/aromatic N) is 1. The first kappa shape index (κ1) is 16.1. The Bertz CT molecular complexity index is 604. The molecule has 1 aromatic carbocycles. The highest BCUT2D eigenvalue weighted by Gasteiger charge is 2.13. The third kappa shape index (κ3) is 4.62. The van der Waals surface area contributed by atoms with Gasteiger partial charge in [-0.05, 0) is 49.2 Å². The fourth-order valence-electron chi connectivity index (χ4n) is 2.63. The summed E-state index contributed by atoms with van der Waals surface area (Å²) in [6.07, 6.45) is 6.23. The molecule has 2 heterocycles. The number of carbonyl (C=O) groups excluding carboxylic acids is 1. The summed E-state index contributed by atoms with van der Waals surface area (Å²) in [5.41, 5.74) is 1.76. The summed E-state index contributed by atoms with van der Waals surface area (Å²) in [5, 5.41) is 3.68. The van der Waals surface area contributed by atoms with E-state index < -0.39 is 0 Å². The zero-order chi connectivity index (χ0) is 15.9. The van der Waals surface area contributed by atoms with Crippen LogP contribution in [0.4, 0.5) is 0 Å². The topological polar surface area (TPSA) is 43.3 Å². The molecule has 4 nitrogen and oxygen atoms in total. The fraction of sp³-hybridized carbons (Fsp3) is 0.389. The van der Waals surface area contributed by atoms with E-state index in [1.807, 2.05) is 65.1 Å². The second-order valence-corrected chi connectivity index (χ2v) is 6.98. The first-order valence-electron chi connectivity index (χ1n) is 8.04. The Morgan fingerprint density at radius 2 is 1.87 bits per heavy atom. The van der Waals surface area contributed by atoms with Gasteiger partial charge < -0.3 is 14.6 Å². The highest BCUT2D eigenvalue weighted by Crippen LogP contribution is 2.21. The maximum Gasteiger partial charge on any atom is 0.251 e. The Kier molecular flexibility index (Phi) is 5.77. The molecular formula is C18H22N2O2S. The van der Waals surface area contributed by atoms with E-state index >= 15 is 0 Å². The Labute approximate surface area is 141 Å². The SMILES string of the molecule is O=C(NCCSC1CCOCC1)c1ccc(-n2cccc2)cc1. The van der Waals surface area contributed by atoms with Crippen molar-refractivity contribution in [3.05, 3.63) is 54.4 Å². The van der Waals surface area contributed by atoms with Crippen LogP contribution in [0, 0.1) is 0 Å². The summed E-state index contributed by atoms with van der Waals surface area (Å²) in [5.74, 6) is 0.953. The number of aromatic nitrogens is 1. The van der Waals surface area contributed by atoms with Crippen molar-refractivity contribution in [2.24, 2.45) is 0 Å². The van der Waals surface area contributed by atoms with Crippen molar-refractivity contribution in [1.29, 1.82) is 0 Å². The normalized spacial score (nSPS) is 15.5. The van der Waals surface area contributed by atoms with Gasteiger partial charge in [0.1, 0.15) is 0 Å². The summed E-state index contributed by atoms with van der Waals surface area (Å²) in [6, 6.07) is 11.6. The average Bonchev–Trinajstić information content (AvgIpc) is 3.14. The molecule has 1 amide bonds. The molecule has 0 bridgehead atoms. The van der Waals surface area contributed by atoms with Crippen molar-refractivity contribution in [2.75, 3.05) is 25.5 Å². The number of ether oxygens (including phenoxy) is 1. The summed E-state index contributed by atoms with van der Waals surface area (Å²) < 4.78 is 7.37. The zero-order valence-electron chi connectivity index (χ0n) is 13.1. The minimum absolute atomic E-state index is 0.00312. The molecule has 0 atom stereocenters. The molecule has 1 saturated heterocycles. The molecule has 0 aliphatic carbocycles. The van der Waals surface area contributed by atoms with E-state index in [0.717, 1.165) is 37.5 Å². The van der Waals surface area contributed by atoms with E-state index in [2.05, 4.69) is 5.32 Å². The second-order valence-electron chi connectivity index (χ2n) is 5.58. The van der Waals surface area contributed by atoms with Crippen LogP contribution in [-0.4, -0.2) is 41.2 Å². The predicted molar refractivity (Wildman–Crippen MR) is 94.4 cm³/mol. The molecule has 0 spiro atoms. The summed E-state index contributed by atoms with van der Waals surface area (Å²) in [4.78, 5) is 12.1. The Balaban J connectivity index is 1.43. The Morgan fingerprint density at radius 1 is 1.17 bits per heavy atom. The molecule has 1 aliphatic rings. The number of carbonyl (C=O) groups is 1. The highest BCUT2D eigenvalue weighted by molar-refractivity contribution is 7.99. The molecule has 1 N–H and O–H groups in total. The fourth-order valence-corrected chi connectivity index (χ4v) is 3.71. The van der Waals surface area contributed by atoms with Crippen LogP contribution in [0.2, 0.25) is 0 Å². The third-order valence-electron chi connectivity index (χ3n) is 3.94. The number of benzene rings is 1. The molecule has 122 valence electrons. The van der Waals surface area contributed by atoms with Gasteiger partial charge in [-0.15, -0.1) is 0 Å². The van der Waals surface area contributed by atoms with Gasteiger partial charge in [-0.3, -0.25) is 4.79 Å². The maximum absolute atomic E-state index is 12.1. The van der Waals surface area contributed by atoms with Gasteiger partial charge in [0.05, 0.1) is 0 Å². The molecule has 2 aromatic rings. The molecule has 0 saturated carbocycles. The molecule has 1 aromatic heterocycles. The number of thioether (sulfide) groups is 1. The lowest BCUT2D eigenvalue weighted by atomic mass is 10.2. The van der Waals surface area contributed by atoms with E-state index in [9.17, 15) is 4.79 Å². The Hall–Kier alpha value is -1.72. The van der Waals surface area contributed by atoms with Crippen molar-refractivity contribution in [2.45, 2.75) is 18.1 Å². The van der Waals surface area contributed by atoms with E-state index in [1.165, 1.54) is 0 Å². The number of amides is 1. The van der Waals surface area contributed by atoms with E-state index in [4.69, 9.17) is 4.74 Å². The molecular weight excluding hydrogens is 308 g/mol. The number of hydrogen-bond acceptors (Lipinski definition) is 3. The van der Waals surface area contributed by atoms with Crippen LogP contribution >= 0.6 is 11.8 Å². The van der Waals surface area contributed by atoms with E-state index in [1.54, 1.807) is 0 Å². The average molecular weight is 330 g/mol. The largest absolute Gasteiger partial charge is 0.381 e. The number of nitrogens with one attached hydrogen (secondary N) is 1. The molecule has 23 heavy (non-hydrogen) atoms. The van der Waals surface area contributed by atoms with Gasteiger partial charge >= 0.3 is 0 Å². The van der Waals surface area contributed by atoms with Gasteiger partial charge in [0.15, 0.2) is 0 Å². The van der Waals surface area contributed by atoms with Crippen molar-refractivity contribution in [3.63, 3.8) is 0 Å². The van der Waals surface area contributed by atoms with Crippen LogP contribution in [0.5, 0.6) is 0 Å². The third-order valence-corrected chi connectivity index (χ3v) is 5.32. The number of rotatable bonds is 6. The lowest BCUT2D eigenvalue weighted by Gasteiger charge is -2.21. The van der Waals surface area contributed by atoms with Crippen LogP contribution in [0.15, 0.2) is 48.8 Å². The molecule has 1 aliphatic heterocycles. The van der Waals surface area contributed by atoms with Crippen LogP contribution in [-0.2, 0) is 4.74 Å². The molecule has 1 fully saturated rings. The van der Waals surface area contributed by atoms with Gasteiger partial charge in [-0.1, -0.05) is 0 Å². The van der Waals surface area contributed by atoms with Crippen LogP contribution < -0.4 is 5.32 Å². The molecule has 5 heteroatoms. The molecule has 3 rings (SSSR count). The summed E-state index contributed by atoms with van der Waals surface area (Å²) in [6.45, 7) is 2.45. The lowest BCUT2D eigenvalue weighted by molar-refractivity contribution is 0.0955. The van der Waals surface area contributed by atoms with Crippen molar-refractivity contribution < 1.29 is 9.53 Å². The van der Waals surface area contributed by atoms with Crippen LogP contribution in [0.1, 0.15) is 23.2 Å². The van der Waals surface area contributed by atoms with Crippen molar-refractivity contribution in [1.82, 2.24) is 9.88 Å². The van der Waals surface area contributed by atoms with Crippen molar-refractivity contribution >= 4 is 17.7 Å². The van der Waals surface area contributed by atoms with E-state index in [0.29, 0.717) is 17.4 Å². The first-order chi connectivity index (χ1) is 11.3. The number of hydrogen-bond donors (Lipinski definition) is 1. The standard InChI is InChI=1S/C18H22N2O2S/c21-18(19-9-14-23-17-7-12-22-13-8-17)15-3-5-16(6-4-15)20-10-1-2-11-20/h1-6,10-11,17H,7-9,12-14H2,(H,19,21). The quantitative estimate of drug-likeness (QED) is 0.828. The van der Waals surface area contributed by atoms with Gasteiger partial charge in [-0.2, -0.15) is 11.8 Å². The first-order valence-corrected chi connectivity index (χ1v) is 9.09. The zero-order valence-corrected chi connectivity index (χ0v) is 13.9. The smallest absolute Gasteiger partial charge is 0.251 e. The minimum atomic E-state index is -0.00312. The van der Waals surface area contributed by atoms with E-state index in [-0.39, 0.29) is 5.91 Å². The van der Waals surface area contributed by atoms with Crippen LogP contribution in [0.3, 0.4) is 0 Å². The van der Waals surface area contributed by atoms with Gasteiger partial charge in [-0.25, -0.2) is 0 Å². The van der Waals surface area contributed by atoms with Gasteiger partial charge in [0.25, 0.3) is 5.91 Å². The second kappa shape index (κ2) is 8.22. The molecule has 0 radical (unpaired) electrons. The summed E-state index contributed by atoms with van der Waals surface area (Å²) >= 11 is 1.94. The highest BCUT2D eigenvalue weighted by atomic mass is 32.2. The van der Waals surface area contributed by atoms with Crippen molar-refractivity contribution in [3.8, 4) is 5.69 Å².